The van der Waals surface area contributed by atoms with E-state index in [2.05, 4.69) is 25.0 Å². The van der Waals surface area contributed by atoms with Crippen LogP contribution >= 0.6 is 0 Å². The molecule has 0 unspecified atom stereocenters. The van der Waals surface area contributed by atoms with Crippen LogP contribution in [0.5, 0.6) is 5.75 Å². The lowest BCUT2D eigenvalue weighted by atomic mass is 10.1. The number of aryl methyl sites for hydroxylation is 2. The molecule has 0 radical (unpaired) electrons. The highest BCUT2D eigenvalue weighted by Gasteiger charge is 2.06. The van der Waals surface area contributed by atoms with Gasteiger partial charge in [-0.15, -0.1) is 0 Å². The average Bonchev–Trinajstić information content (AvgIpc) is 2.85. The van der Waals surface area contributed by atoms with Gasteiger partial charge in [0.2, 0.25) is 0 Å². The molecule has 0 bridgehead atoms. The van der Waals surface area contributed by atoms with Crippen molar-refractivity contribution < 1.29 is 4.74 Å². The fourth-order valence-electron chi connectivity index (χ4n) is 2.08. The molecule has 1 heterocycles. The summed E-state index contributed by atoms with van der Waals surface area (Å²) >= 11 is 0. The first-order chi connectivity index (χ1) is 9.63. The fraction of sp³-hybridized carbons (Fsp3) is 0.438. The Labute approximate surface area is 120 Å². The number of hydrogen-bond donors (Lipinski definition) is 1. The van der Waals surface area contributed by atoms with Crippen LogP contribution in [0, 0.1) is 0 Å². The zero-order valence-electron chi connectivity index (χ0n) is 12.5. The molecule has 2 N–H and O–H groups in total. The van der Waals surface area contributed by atoms with Crippen LogP contribution < -0.4 is 10.5 Å². The Kier molecular flexibility index (Phi) is 4.79. The molecule has 0 spiro atoms. The van der Waals surface area contributed by atoms with E-state index in [1.165, 1.54) is 0 Å². The van der Waals surface area contributed by atoms with Crippen LogP contribution in [-0.4, -0.2) is 9.78 Å². The minimum absolute atomic E-state index is 0.105. The summed E-state index contributed by atoms with van der Waals surface area (Å²) in [6.07, 6.45) is 1.88. The molecule has 1 aromatic heterocycles. The van der Waals surface area contributed by atoms with Gasteiger partial charge in [0.1, 0.15) is 12.4 Å². The van der Waals surface area contributed by atoms with Crippen LogP contribution in [0.25, 0.3) is 0 Å². The summed E-state index contributed by atoms with van der Waals surface area (Å²) in [6.45, 7) is 4.72. The molecule has 1 aromatic carbocycles. The Hall–Kier alpha value is -1.81. The maximum atomic E-state index is 5.99. The molecule has 108 valence electrons. The Morgan fingerprint density at radius 2 is 1.95 bits per heavy atom. The van der Waals surface area contributed by atoms with Crippen molar-refractivity contribution in [2.24, 2.45) is 12.8 Å². The summed E-state index contributed by atoms with van der Waals surface area (Å²) in [5, 5.41) is 4.41. The highest BCUT2D eigenvalue weighted by molar-refractivity contribution is 5.29. The lowest BCUT2D eigenvalue weighted by molar-refractivity contribution is 0.294. The van der Waals surface area contributed by atoms with Crippen LogP contribution in [0.3, 0.4) is 0 Å². The van der Waals surface area contributed by atoms with Crippen molar-refractivity contribution in [1.82, 2.24) is 9.78 Å². The largest absolute Gasteiger partial charge is 0.487 e. The molecule has 0 saturated heterocycles. The number of nitrogens with zero attached hydrogens (tertiary/aromatic N) is 2. The Balaban J connectivity index is 1.98. The van der Waals surface area contributed by atoms with E-state index in [1.807, 2.05) is 36.0 Å². The summed E-state index contributed by atoms with van der Waals surface area (Å²) in [5.41, 5.74) is 9.31. The first-order valence-electron chi connectivity index (χ1n) is 7.14. The number of hydrogen-bond acceptors (Lipinski definition) is 3. The zero-order chi connectivity index (χ0) is 14.5. The SMILES string of the molecule is CCc1cc(COc2ccc([C@@H](N)CC)cc2)n(C)n1. The van der Waals surface area contributed by atoms with E-state index in [-0.39, 0.29) is 6.04 Å². The average molecular weight is 273 g/mol. The van der Waals surface area contributed by atoms with E-state index in [0.29, 0.717) is 6.61 Å². The first-order valence-corrected chi connectivity index (χ1v) is 7.14. The van der Waals surface area contributed by atoms with Crippen molar-refractivity contribution in [2.75, 3.05) is 0 Å². The lowest BCUT2D eigenvalue weighted by Crippen LogP contribution is -2.08. The summed E-state index contributed by atoms with van der Waals surface area (Å²) in [4.78, 5) is 0. The molecule has 2 rings (SSSR count). The normalized spacial score (nSPS) is 12.4. The monoisotopic (exact) mass is 273 g/mol. The van der Waals surface area contributed by atoms with Crippen molar-refractivity contribution in [2.45, 2.75) is 39.3 Å². The Bertz CT molecular complexity index is 545. The maximum absolute atomic E-state index is 5.99. The number of nitrogens with two attached hydrogens (primary N) is 1. The molecule has 0 saturated carbocycles. The van der Waals surface area contributed by atoms with Gasteiger partial charge in [0.25, 0.3) is 0 Å². The van der Waals surface area contributed by atoms with E-state index < -0.39 is 0 Å². The number of rotatable bonds is 6. The van der Waals surface area contributed by atoms with Crippen LogP contribution in [0.15, 0.2) is 30.3 Å². The van der Waals surface area contributed by atoms with Crippen LogP contribution in [0.4, 0.5) is 0 Å². The van der Waals surface area contributed by atoms with Gasteiger partial charge in [-0.2, -0.15) is 5.10 Å². The van der Waals surface area contributed by atoms with E-state index in [9.17, 15) is 0 Å². The molecule has 20 heavy (non-hydrogen) atoms. The summed E-state index contributed by atoms with van der Waals surface area (Å²) in [5.74, 6) is 0.858. The number of ether oxygens (including phenoxy) is 1. The highest BCUT2D eigenvalue weighted by atomic mass is 16.5. The fourth-order valence-corrected chi connectivity index (χ4v) is 2.08. The van der Waals surface area contributed by atoms with Gasteiger partial charge in [-0.25, -0.2) is 0 Å². The second-order valence-corrected chi connectivity index (χ2v) is 4.98. The molecule has 0 fully saturated rings. The van der Waals surface area contributed by atoms with Crippen molar-refractivity contribution in [3.8, 4) is 5.75 Å². The topological polar surface area (TPSA) is 53.1 Å². The third-order valence-corrected chi connectivity index (χ3v) is 3.52. The molecule has 0 aliphatic heterocycles. The molecular formula is C16H23N3O. The quantitative estimate of drug-likeness (QED) is 0.880. The summed E-state index contributed by atoms with van der Waals surface area (Å²) in [6, 6.07) is 10.2. The number of benzene rings is 1. The lowest BCUT2D eigenvalue weighted by Gasteiger charge is -2.11. The zero-order valence-corrected chi connectivity index (χ0v) is 12.5. The Morgan fingerprint density at radius 1 is 1.25 bits per heavy atom. The second kappa shape index (κ2) is 6.57. The molecule has 2 aromatic rings. The van der Waals surface area contributed by atoms with Gasteiger partial charge < -0.3 is 10.5 Å². The van der Waals surface area contributed by atoms with Gasteiger partial charge in [0.15, 0.2) is 0 Å². The smallest absolute Gasteiger partial charge is 0.130 e. The number of aromatic nitrogens is 2. The maximum Gasteiger partial charge on any atom is 0.130 e. The standard InChI is InChI=1S/C16H23N3O/c1-4-13-10-14(19(3)18-13)11-20-15-8-6-12(7-9-15)16(17)5-2/h6-10,16H,4-5,11,17H2,1-3H3/t16-/m0/s1. The van der Waals surface area contributed by atoms with Gasteiger partial charge >= 0.3 is 0 Å². The minimum atomic E-state index is 0.105. The van der Waals surface area contributed by atoms with Crippen molar-refractivity contribution in [3.05, 3.63) is 47.3 Å². The molecular weight excluding hydrogens is 250 g/mol. The molecule has 1 atom stereocenters. The van der Waals surface area contributed by atoms with Crippen molar-refractivity contribution in [3.63, 3.8) is 0 Å². The van der Waals surface area contributed by atoms with Gasteiger partial charge in [-0.1, -0.05) is 26.0 Å². The molecule has 0 aliphatic carbocycles. The van der Waals surface area contributed by atoms with Gasteiger partial charge in [-0.3, -0.25) is 4.68 Å². The molecule has 4 heteroatoms. The second-order valence-electron chi connectivity index (χ2n) is 4.98. The third kappa shape index (κ3) is 3.39. The predicted molar refractivity (Wildman–Crippen MR) is 80.6 cm³/mol. The van der Waals surface area contributed by atoms with E-state index in [1.54, 1.807) is 0 Å². The summed E-state index contributed by atoms with van der Waals surface area (Å²) in [7, 11) is 1.95. The van der Waals surface area contributed by atoms with Gasteiger partial charge in [0, 0.05) is 13.1 Å². The van der Waals surface area contributed by atoms with Crippen LogP contribution in [-0.2, 0) is 20.1 Å². The summed E-state index contributed by atoms with van der Waals surface area (Å²) < 4.78 is 7.67. The predicted octanol–water partition coefficient (Wildman–Crippen LogP) is 2.97. The van der Waals surface area contributed by atoms with E-state index in [4.69, 9.17) is 10.5 Å². The van der Waals surface area contributed by atoms with Crippen molar-refractivity contribution in [1.29, 1.82) is 0 Å². The first kappa shape index (κ1) is 14.6. The van der Waals surface area contributed by atoms with Crippen molar-refractivity contribution >= 4 is 0 Å². The van der Waals surface area contributed by atoms with E-state index in [0.717, 1.165) is 35.5 Å². The van der Waals surface area contributed by atoms with Crippen LogP contribution in [0.1, 0.15) is 43.3 Å². The van der Waals surface area contributed by atoms with Crippen LogP contribution in [0.2, 0.25) is 0 Å². The molecule has 0 amide bonds. The third-order valence-electron chi connectivity index (χ3n) is 3.52. The molecule has 0 aliphatic rings. The van der Waals surface area contributed by atoms with Gasteiger partial charge in [0.05, 0.1) is 11.4 Å². The molecule has 4 nitrogen and oxygen atoms in total. The van der Waals surface area contributed by atoms with E-state index >= 15 is 0 Å². The minimum Gasteiger partial charge on any atom is -0.487 e. The van der Waals surface area contributed by atoms with Gasteiger partial charge in [-0.05, 0) is 36.6 Å². The highest BCUT2D eigenvalue weighted by Crippen LogP contribution is 2.19. The Morgan fingerprint density at radius 3 is 2.50 bits per heavy atom.